The number of allylic oxidation sites excluding steroid dienone is 8. The molecule has 0 nitrogen and oxygen atoms in total. The molecule has 0 heterocycles. The van der Waals surface area contributed by atoms with Gasteiger partial charge in [-0.3, -0.25) is 0 Å². The van der Waals surface area contributed by atoms with Crippen molar-refractivity contribution in [2.24, 2.45) is 22.2 Å². The van der Waals surface area contributed by atoms with E-state index >= 15 is 0 Å². The van der Waals surface area contributed by atoms with Crippen LogP contribution >= 0.6 is 0 Å². The van der Waals surface area contributed by atoms with Gasteiger partial charge in [-0.1, -0.05) is 0 Å². The molecule has 4 aliphatic rings. The molecule has 3 heteroatoms. The number of hydrogen-bond acceptors (Lipinski definition) is 0. The van der Waals surface area contributed by atoms with Gasteiger partial charge in [0.15, 0.2) is 0 Å². The first-order valence-corrected chi connectivity index (χ1v) is 26.0. The summed E-state index contributed by atoms with van der Waals surface area (Å²) in [6.07, 6.45) is 13.9. The molecule has 4 aromatic carbocycles. The average molecular weight is 915 g/mol. The second-order valence-corrected chi connectivity index (χ2v) is 28.9. The van der Waals surface area contributed by atoms with Gasteiger partial charge < -0.3 is 24.8 Å². The number of rotatable bonds is 7. The van der Waals surface area contributed by atoms with E-state index < -0.39 is 21.3 Å². The topological polar surface area (TPSA) is 0 Å². The van der Waals surface area contributed by atoms with Gasteiger partial charge in [-0.25, -0.2) is 0 Å². The molecule has 0 aromatic heterocycles. The Morgan fingerprint density at radius 2 is 0.983 bits per heavy atom. The maximum Gasteiger partial charge on any atom is -1.00 e. The second-order valence-electron chi connectivity index (χ2n) is 22.3. The van der Waals surface area contributed by atoms with Crippen molar-refractivity contribution in [3.05, 3.63) is 163 Å². The smallest absolute Gasteiger partial charge is 1.00 e. The molecule has 4 aliphatic carbocycles. The standard InChI is InChI=1S/C31H37.C15H14.C11H17.2ClH.Zr/c1-28(2,3)26-16-30(7,8)24-12-18-11-19-13-25-23(15-21(19)20(18)14-22(24)26)27(29(4,5)6)17-31(25,9)10;1-3-8-14(9-4-1)12-7-13-15-10-5-2-6-11-15;1-5-9-6-7-10(8-9)11(2,3)4;;;/h11-17H,1-10H3;1-6,8-11H,12-13H2;7-9H,5H2,1-4H3;2*1H;/q;;;;;+2/p-2. The Morgan fingerprint density at radius 1 is 0.567 bits per heavy atom. The van der Waals surface area contributed by atoms with E-state index in [4.69, 9.17) is 0 Å². The number of hydrogen-bond donors (Lipinski definition) is 0. The molecule has 0 spiro atoms. The number of fused-ring (bicyclic) bond motifs is 5. The summed E-state index contributed by atoms with van der Waals surface area (Å²) in [5.41, 5.74) is 19.8. The third kappa shape index (κ3) is 8.36. The zero-order valence-corrected chi connectivity index (χ0v) is 42.9. The molecule has 8 rings (SSSR count). The Morgan fingerprint density at radius 3 is 1.35 bits per heavy atom. The van der Waals surface area contributed by atoms with Gasteiger partial charge in [-0.2, -0.15) is 0 Å². The van der Waals surface area contributed by atoms with Crippen LogP contribution in [0.2, 0.25) is 0 Å². The van der Waals surface area contributed by atoms with Gasteiger partial charge in [0.05, 0.1) is 0 Å². The molecule has 0 saturated heterocycles. The van der Waals surface area contributed by atoms with Gasteiger partial charge in [-0.05, 0) is 0 Å². The molecule has 0 fully saturated rings. The van der Waals surface area contributed by atoms with Crippen molar-refractivity contribution in [1.82, 2.24) is 0 Å². The van der Waals surface area contributed by atoms with Crippen LogP contribution in [0.25, 0.3) is 22.3 Å². The molecule has 0 amide bonds. The Bertz CT molecular complexity index is 2320. The van der Waals surface area contributed by atoms with Gasteiger partial charge in [0.2, 0.25) is 0 Å². The Hall–Kier alpha value is -2.83. The van der Waals surface area contributed by atoms with Crippen LogP contribution < -0.4 is 24.8 Å². The molecule has 4 aromatic rings. The zero-order chi connectivity index (χ0) is 41.7. The number of benzene rings is 4. The van der Waals surface area contributed by atoms with Crippen molar-refractivity contribution in [2.45, 2.75) is 131 Å². The van der Waals surface area contributed by atoms with Crippen LogP contribution in [-0.4, -0.2) is 3.21 Å². The second kappa shape index (κ2) is 16.4. The minimum Gasteiger partial charge on any atom is -1.00 e. The summed E-state index contributed by atoms with van der Waals surface area (Å²) in [5, 5.41) is 0. The largest absolute Gasteiger partial charge is 1.00 e. The monoisotopic (exact) mass is 912 g/mol. The van der Waals surface area contributed by atoms with E-state index in [1.165, 1.54) is 61.2 Å². The minimum absolute atomic E-state index is 0. The van der Waals surface area contributed by atoms with E-state index in [0.29, 0.717) is 9.54 Å². The van der Waals surface area contributed by atoms with Gasteiger partial charge in [-0.15, -0.1) is 0 Å². The molecule has 0 bridgehead atoms. The first kappa shape index (κ1) is 46.7. The van der Waals surface area contributed by atoms with Gasteiger partial charge in [0, 0.05) is 0 Å². The summed E-state index contributed by atoms with van der Waals surface area (Å²) in [6, 6.07) is 33.7. The maximum atomic E-state index is 2.75. The summed E-state index contributed by atoms with van der Waals surface area (Å²) >= 11 is -2.92. The minimum atomic E-state index is -2.92. The molecular weight excluding hydrogens is 847 g/mol. The van der Waals surface area contributed by atoms with Crippen LogP contribution in [0.5, 0.6) is 0 Å². The summed E-state index contributed by atoms with van der Waals surface area (Å²) in [5.74, 6) is 0.484. The molecule has 0 aliphatic heterocycles. The van der Waals surface area contributed by atoms with Crippen LogP contribution in [0.1, 0.15) is 151 Å². The fraction of sp³-hybridized carbons (Fsp3) is 0.421. The fourth-order valence-corrected chi connectivity index (χ4v) is 20.6. The average Bonchev–Trinajstić information content (AvgIpc) is 3.86. The van der Waals surface area contributed by atoms with Crippen LogP contribution in [-0.2, 0) is 44.9 Å². The van der Waals surface area contributed by atoms with Crippen molar-refractivity contribution in [2.75, 3.05) is 0 Å². The summed E-state index contributed by atoms with van der Waals surface area (Å²) in [6.45, 7) is 34.0. The van der Waals surface area contributed by atoms with E-state index in [1.54, 1.807) is 11.1 Å². The molecular formula is C57H68Cl2Zr. The van der Waals surface area contributed by atoms with E-state index in [1.807, 2.05) is 6.49 Å². The SMILES string of the molecule is CCC1C=C(C(C)(C)C)C=[C]1[Zr+2](=[C](Cc1ccccc1)Cc1ccccc1)[CH]1c2cc3c(cc2-c2cc4c(cc21)C(C)(C)C=C4C(C)(C)C)C(C(C)(C)C)=CC3(C)C.[Cl-].[Cl-]. The maximum absolute atomic E-state index is 2.92. The van der Waals surface area contributed by atoms with Crippen LogP contribution in [0, 0.1) is 22.2 Å². The first-order chi connectivity index (χ1) is 27.1. The van der Waals surface area contributed by atoms with Crippen LogP contribution in [0.3, 0.4) is 0 Å². The molecule has 0 saturated carbocycles. The van der Waals surface area contributed by atoms with E-state index in [2.05, 4.69) is 206 Å². The Kier molecular flexibility index (Phi) is 12.7. The van der Waals surface area contributed by atoms with E-state index in [-0.39, 0.29) is 51.9 Å². The molecule has 0 radical (unpaired) electrons. The van der Waals surface area contributed by atoms with Crippen molar-refractivity contribution in [1.29, 1.82) is 0 Å². The van der Waals surface area contributed by atoms with E-state index in [9.17, 15) is 0 Å². The normalized spacial score (nSPS) is 18.4. The Labute approximate surface area is 384 Å². The van der Waals surface area contributed by atoms with Crippen molar-refractivity contribution in [3.63, 3.8) is 0 Å². The predicted molar refractivity (Wildman–Crippen MR) is 249 cm³/mol. The molecule has 0 N–H and O–H groups in total. The third-order valence-corrected chi connectivity index (χ3v) is 22.3. The van der Waals surface area contributed by atoms with Gasteiger partial charge >= 0.3 is 362 Å². The predicted octanol–water partition coefficient (Wildman–Crippen LogP) is 9.38. The van der Waals surface area contributed by atoms with Crippen molar-refractivity contribution in [3.8, 4) is 11.1 Å². The molecule has 1 atom stereocenters. The summed E-state index contributed by atoms with van der Waals surface area (Å²) in [7, 11) is 0. The van der Waals surface area contributed by atoms with Crippen LogP contribution in [0.15, 0.2) is 118 Å². The third-order valence-electron chi connectivity index (χ3n) is 13.8. The summed E-state index contributed by atoms with van der Waals surface area (Å²) < 4.78 is 4.02. The Balaban J connectivity index is 0.00000302. The molecule has 60 heavy (non-hydrogen) atoms. The fourth-order valence-electron chi connectivity index (χ4n) is 10.7. The van der Waals surface area contributed by atoms with Crippen LogP contribution in [0.4, 0.5) is 0 Å². The molecule has 1 unspecified atom stereocenters. The zero-order valence-electron chi connectivity index (χ0n) is 38.9. The molecule has 314 valence electrons. The van der Waals surface area contributed by atoms with E-state index in [0.717, 1.165) is 19.3 Å². The summed E-state index contributed by atoms with van der Waals surface area (Å²) in [4.78, 5) is 0. The van der Waals surface area contributed by atoms with Crippen molar-refractivity contribution >= 4 is 14.4 Å². The van der Waals surface area contributed by atoms with Crippen molar-refractivity contribution < 1.29 is 46.1 Å². The first-order valence-electron chi connectivity index (χ1n) is 22.2. The number of halogens is 2. The van der Waals surface area contributed by atoms with Gasteiger partial charge in [0.1, 0.15) is 0 Å². The van der Waals surface area contributed by atoms with Gasteiger partial charge in [0.25, 0.3) is 0 Å². The quantitative estimate of drug-likeness (QED) is 0.174.